The maximum absolute atomic E-state index is 12.4. The summed E-state index contributed by atoms with van der Waals surface area (Å²) < 4.78 is 5.42. The van der Waals surface area contributed by atoms with Gasteiger partial charge in [0.2, 0.25) is 0 Å². The van der Waals surface area contributed by atoms with Crippen molar-refractivity contribution in [3.05, 3.63) is 28.2 Å². The highest BCUT2D eigenvalue weighted by atomic mass is 35.5. The van der Waals surface area contributed by atoms with Crippen molar-refractivity contribution in [3.8, 4) is 5.75 Å². The SMILES string of the molecule is CCCC1(C)NC(=O)N(CC(O)COc2cc(Cl)ccc2Cl)C1=O. The summed E-state index contributed by atoms with van der Waals surface area (Å²) in [7, 11) is 0. The molecule has 132 valence electrons. The van der Waals surface area contributed by atoms with Gasteiger partial charge in [-0.05, 0) is 25.5 Å². The van der Waals surface area contributed by atoms with E-state index in [9.17, 15) is 14.7 Å². The number of carbonyl (C=O) groups is 2. The van der Waals surface area contributed by atoms with Gasteiger partial charge in [0, 0.05) is 11.1 Å². The summed E-state index contributed by atoms with van der Waals surface area (Å²) in [6.07, 6.45) is 0.257. The first-order valence-electron chi connectivity index (χ1n) is 7.67. The second kappa shape index (κ2) is 7.59. The van der Waals surface area contributed by atoms with Crippen LogP contribution in [0.1, 0.15) is 26.7 Å². The fourth-order valence-corrected chi connectivity index (χ4v) is 2.95. The number of benzene rings is 1. The summed E-state index contributed by atoms with van der Waals surface area (Å²) in [6.45, 7) is 3.35. The Kier molecular flexibility index (Phi) is 5.96. The van der Waals surface area contributed by atoms with Crippen LogP contribution in [-0.2, 0) is 4.79 Å². The number of carbonyl (C=O) groups excluding carboxylic acids is 2. The van der Waals surface area contributed by atoms with Crippen molar-refractivity contribution >= 4 is 35.1 Å². The molecule has 1 aliphatic rings. The number of hydrogen-bond donors (Lipinski definition) is 2. The minimum absolute atomic E-state index is 0.123. The Morgan fingerprint density at radius 3 is 2.75 bits per heavy atom. The molecule has 0 aliphatic carbocycles. The number of nitrogens with zero attached hydrogens (tertiary/aromatic N) is 1. The molecule has 2 N–H and O–H groups in total. The van der Waals surface area contributed by atoms with E-state index in [1.54, 1.807) is 19.1 Å². The van der Waals surface area contributed by atoms with E-state index < -0.39 is 17.7 Å². The molecule has 0 spiro atoms. The lowest BCUT2D eigenvalue weighted by Crippen LogP contribution is -2.44. The number of halogens is 2. The Labute approximate surface area is 150 Å². The molecule has 24 heavy (non-hydrogen) atoms. The van der Waals surface area contributed by atoms with Crippen LogP contribution in [0.5, 0.6) is 5.75 Å². The Balaban J connectivity index is 1.95. The van der Waals surface area contributed by atoms with Gasteiger partial charge in [-0.2, -0.15) is 0 Å². The zero-order valence-corrected chi connectivity index (χ0v) is 15.0. The molecule has 1 aliphatic heterocycles. The fraction of sp³-hybridized carbons (Fsp3) is 0.500. The van der Waals surface area contributed by atoms with E-state index in [1.165, 1.54) is 6.07 Å². The van der Waals surface area contributed by atoms with Gasteiger partial charge < -0.3 is 15.2 Å². The molecule has 1 aromatic carbocycles. The molecule has 2 rings (SSSR count). The van der Waals surface area contributed by atoms with E-state index in [1.807, 2.05) is 6.92 Å². The number of aliphatic hydroxyl groups is 1. The van der Waals surface area contributed by atoms with Crippen LogP contribution in [0.15, 0.2) is 18.2 Å². The normalized spacial score (nSPS) is 21.8. The number of amides is 3. The van der Waals surface area contributed by atoms with Crippen molar-refractivity contribution in [2.45, 2.75) is 38.3 Å². The van der Waals surface area contributed by atoms with Gasteiger partial charge in [0.05, 0.1) is 11.6 Å². The quantitative estimate of drug-likeness (QED) is 0.719. The minimum Gasteiger partial charge on any atom is -0.489 e. The van der Waals surface area contributed by atoms with Gasteiger partial charge in [-0.25, -0.2) is 4.79 Å². The van der Waals surface area contributed by atoms with Gasteiger partial charge in [-0.1, -0.05) is 36.5 Å². The molecule has 8 heteroatoms. The van der Waals surface area contributed by atoms with Crippen molar-refractivity contribution in [3.63, 3.8) is 0 Å². The van der Waals surface area contributed by atoms with Gasteiger partial charge in [-0.3, -0.25) is 9.69 Å². The van der Waals surface area contributed by atoms with Crippen LogP contribution in [0.3, 0.4) is 0 Å². The van der Waals surface area contributed by atoms with Crippen LogP contribution in [0, 0.1) is 0 Å². The van der Waals surface area contributed by atoms with Gasteiger partial charge in [0.25, 0.3) is 5.91 Å². The molecule has 1 saturated heterocycles. The highest BCUT2D eigenvalue weighted by Crippen LogP contribution is 2.28. The second-order valence-electron chi connectivity index (χ2n) is 5.97. The number of aliphatic hydroxyl groups excluding tert-OH is 1. The summed E-state index contributed by atoms with van der Waals surface area (Å²) >= 11 is 11.8. The van der Waals surface area contributed by atoms with Crippen LogP contribution in [-0.4, -0.2) is 46.7 Å². The van der Waals surface area contributed by atoms with E-state index >= 15 is 0 Å². The number of urea groups is 1. The second-order valence-corrected chi connectivity index (χ2v) is 6.81. The van der Waals surface area contributed by atoms with Crippen LogP contribution in [0.4, 0.5) is 4.79 Å². The molecule has 1 aromatic rings. The van der Waals surface area contributed by atoms with Crippen molar-refractivity contribution in [1.29, 1.82) is 0 Å². The zero-order valence-electron chi connectivity index (χ0n) is 13.5. The molecule has 0 bridgehead atoms. The Bertz CT molecular complexity index is 641. The number of imide groups is 1. The summed E-state index contributed by atoms with van der Waals surface area (Å²) in [5, 5.41) is 13.6. The molecular weight excluding hydrogens is 355 g/mol. The third-order valence-corrected chi connectivity index (χ3v) is 4.36. The predicted octanol–water partition coefficient (Wildman–Crippen LogP) is 2.84. The molecule has 0 radical (unpaired) electrons. The van der Waals surface area contributed by atoms with Gasteiger partial charge in [0.1, 0.15) is 24.0 Å². The predicted molar refractivity (Wildman–Crippen MR) is 91.5 cm³/mol. The van der Waals surface area contributed by atoms with Crippen molar-refractivity contribution in [1.82, 2.24) is 10.2 Å². The molecule has 1 fully saturated rings. The lowest BCUT2D eigenvalue weighted by Gasteiger charge is -2.22. The maximum Gasteiger partial charge on any atom is 0.325 e. The standard InChI is InChI=1S/C16H20Cl2N2O4/c1-3-6-16(2)14(22)20(15(23)19-16)8-11(21)9-24-13-7-10(17)4-5-12(13)18/h4-5,7,11,21H,3,6,8-9H2,1-2H3,(H,19,23). The van der Waals surface area contributed by atoms with E-state index in [2.05, 4.69) is 5.32 Å². The van der Waals surface area contributed by atoms with Crippen molar-refractivity contribution in [2.75, 3.05) is 13.2 Å². The smallest absolute Gasteiger partial charge is 0.325 e. The first kappa shape index (κ1) is 18.8. The molecule has 2 atom stereocenters. The van der Waals surface area contributed by atoms with E-state index in [-0.39, 0.29) is 19.1 Å². The first-order chi connectivity index (χ1) is 11.3. The fourth-order valence-electron chi connectivity index (χ4n) is 2.62. The summed E-state index contributed by atoms with van der Waals surface area (Å²) in [4.78, 5) is 25.4. The average Bonchev–Trinajstić information content (AvgIpc) is 2.72. The molecule has 3 amide bonds. The number of ether oxygens (including phenoxy) is 1. The van der Waals surface area contributed by atoms with E-state index in [4.69, 9.17) is 27.9 Å². The lowest BCUT2D eigenvalue weighted by molar-refractivity contribution is -0.132. The Morgan fingerprint density at radius 1 is 1.38 bits per heavy atom. The van der Waals surface area contributed by atoms with E-state index in [0.29, 0.717) is 22.2 Å². The minimum atomic E-state index is -1.04. The Hall–Kier alpha value is -1.50. The lowest BCUT2D eigenvalue weighted by atomic mass is 9.96. The van der Waals surface area contributed by atoms with Gasteiger partial charge in [-0.15, -0.1) is 0 Å². The summed E-state index contributed by atoms with van der Waals surface area (Å²) in [6, 6.07) is 4.23. The first-order valence-corrected chi connectivity index (χ1v) is 8.42. The molecule has 0 aromatic heterocycles. The summed E-state index contributed by atoms with van der Waals surface area (Å²) in [5.74, 6) is -0.00886. The summed E-state index contributed by atoms with van der Waals surface area (Å²) in [5.41, 5.74) is -0.914. The van der Waals surface area contributed by atoms with E-state index in [0.717, 1.165) is 11.3 Å². The van der Waals surface area contributed by atoms with Crippen molar-refractivity contribution < 1.29 is 19.4 Å². The monoisotopic (exact) mass is 374 g/mol. The highest BCUT2D eigenvalue weighted by molar-refractivity contribution is 6.34. The molecule has 0 saturated carbocycles. The molecule has 6 nitrogen and oxygen atoms in total. The maximum atomic E-state index is 12.4. The van der Waals surface area contributed by atoms with Gasteiger partial charge >= 0.3 is 6.03 Å². The van der Waals surface area contributed by atoms with Crippen LogP contribution < -0.4 is 10.1 Å². The van der Waals surface area contributed by atoms with Gasteiger partial charge in [0.15, 0.2) is 0 Å². The largest absolute Gasteiger partial charge is 0.489 e. The average molecular weight is 375 g/mol. The number of β-amino-alcohol motifs (C(OH)–C–C–N with tert-alkyl or cyclic N) is 1. The third kappa shape index (κ3) is 4.12. The highest BCUT2D eigenvalue weighted by Gasteiger charge is 2.47. The molecule has 2 unspecified atom stereocenters. The Morgan fingerprint density at radius 2 is 2.08 bits per heavy atom. The van der Waals surface area contributed by atoms with Crippen LogP contribution >= 0.6 is 23.2 Å². The molecular formula is C16H20Cl2N2O4. The van der Waals surface area contributed by atoms with Crippen LogP contribution in [0.25, 0.3) is 0 Å². The van der Waals surface area contributed by atoms with Crippen molar-refractivity contribution in [2.24, 2.45) is 0 Å². The zero-order chi connectivity index (χ0) is 17.9. The topological polar surface area (TPSA) is 78.9 Å². The number of hydrogen-bond acceptors (Lipinski definition) is 4. The van der Waals surface area contributed by atoms with Crippen LogP contribution in [0.2, 0.25) is 10.0 Å². The third-order valence-electron chi connectivity index (χ3n) is 3.81. The number of nitrogens with one attached hydrogen (secondary N) is 1. The molecule has 1 heterocycles. The number of rotatable bonds is 7.